The number of hydrogen-bond donors (Lipinski definition) is 1. The maximum Gasteiger partial charge on any atom is 0.303 e. The first-order valence-corrected chi connectivity index (χ1v) is 8.12. The van der Waals surface area contributed by atoms with Crippen LogP contribution in [-0.2, 0) is 14.8 Å². The van der Waals surface area contributed by atoms with Crippen molar-refractivity contribution in [2.24, 2.45) is 5.92 Å². The van der Waals surface area contributed by atoms with Gasteiger partial charge >= 0.3 is 5.97 Å². The number of rotatable bonds is 4. The minimum Gasteiger partial charge on any atom is -0.481 e. The van der Waals surface area contributed by atoms with E-state index >= 15 is 0 Å². The first-order chi connectivity index (χ1) is 9.39. The molecule has 0 aromatic heterocycles. The highest BCUT2D eigenvalue weighted by Crippen LogP contribution is 2.25. The van der Waals surface area contributed by atoms with Crippen LogP contribution in [0.25, 0.3) is 0 Å². The largest absolute Gasteiger partial charge is 0.481 e. The lowest BCUT2D eigenvalue weighted by atomic mass is 9.96. The number of piperidine rings is 1. The lowest BCUT2D eigenvalue weighted by molar-refractivity contribution is -0.138. The van der Waals surface area contributed by atoms with Crippen molar-refractivity contribution in [2.75, 3.05) is 13.1 Å². The van der Waals surface area contributed by atoms with E-state index in [1.807, 2.05) is 6.92 Å². The van der Waals surface area contributed by atoms with Crippen LogP contribution in [0.15, 0.2) is 29.2 Å². The number of nitrogens with zero attached hydrogens (tertiary/aromatic N) is 1. The number of aryl methyl sites for hydroxylation is 1. The van der Waals surface area contributed by atoms with Crippen molar-refractivity contribution in [2.45, 2.75) is 31.1 Å². The molecule has 0 amide bonds. The monoisotopic (exact) mass is 297 g/mol. The highest BCUT2D eigenvalue weighted by molar-refractivity contribution is 7.89. The normalized spacial score (nSPS) is 20.8. The van der Waals surface area contributed by atoms with E-state index in [0.717, 1.165) is 12.0 Å². The quantitative estimate of drug-likeness (QED) is 0.920. The minimum atomic E-state index is -3.51. The van der Waals surface area contributed by atoms with Crippen molar-refractivity contribution >= 4 is 16.0 Å². The Hall–Kier alpha value is -1.40. The zero-order chi connectivity index (χ0) is 14.8. The second kappa shape index (κ2) is 5.93. The number of sulfonamides is 1. The molecular formula is C14H19NO4S. The summed E-state index contributed by atoms with van der Waals surface area (Å²) in [6.45, 7) is 2.66. The summed E-state index contributed by atoms with van der Waals surface area (Å²) >= 11 is 0. The Morgan fingerprint density at radius 2 is 2.00 bits per heavy atom. The average Bonchev–Trinajstić information content (AvgIpc) is 2.39. The standard InChI is InChI=1S/C14H19NO4S/c1-11-4-6-13(7-5-11)20(18,19)15-8-2-3-12(10-15)9-14(16)17/h4-7,12H,2-3,8-10H2,1H3,(H,16,17)/t12-/m1/s1. The fourth-order valence-corrected chi connectivity index (χ4v) is 4.07. The van der Waals surface area contributed by atoms with Crippen LogP contribution in [0, 0.1) is 12.8 Å². The van der Waals surface area contributed by atoms with Gasteiger partial charge in [-0.15, -0.1) is 0 Å². The summed E-state index contributed by atoms with van der Waals surface area (Å²) in [4.78, 5) is 11.0. The molecule has 1 fully saturated rings. The molecule has 0 bridgehead atoms. The van der Waals surface area contributed by atoms with Crippen molar-refractivity contribution < 1.29 is 18.3 Å². The lowest BCUT2D eigenvalue weighted by Crippen LogP contribution is -2.40. The van der Waals surface area contributed by atoms with Gasteiger partial charge in [-0.3, -0.25) is 4.79 Å². The van der Waals surface area contributed by atoms with Crippen molar-refractivity contribution in [3.63, 3.8) is 0 Å². The van der Waals surface area contributed by atoms with Gasteiger partial charge in [0.1, 0.15) is 0 Å². The van der Waals surface area contributed by atoms with Crippen LogP contribution in [-0.4, -0.2) is 36.9 Å². The Balaban J connectivity index is 2.16. The van der Waals surface area contributed by atoms with Gasteiger partial charge in [-0.2, -0.15) is 4.31 Å². The van der Waals surface area contributed by atoms with Crippen molar-refractivity contribution in [1.29, 1.82) is 0 Å². The molecule has 0 unspecified atom stereocenters. The maximum atomic E-state index is 12.5. The van der Waals surface area contributed by atoms with Crippen molar-refractivity contribution in [3.8, 4) is 0 Å². The predicted octanol–water partition coefficient (Wildman–Crippen LogP) is 1.87. The summed E-state index contributed by atoms with van der Waals surface area (Å²) in [7, 11) is -3.51. The van der Waals surface area contributed by atoms with E-state index in [1.54, 1.807) is 24.3 Å². The van der Waals surface area contributed by atoms with Gasteiger partial charge < -0.3 is 5.11 Å². The number of hydrogen-bond acceptors (Lipinski definition) is 3. The third-order valence-electron chi connectivity index (χ3n) is 3.60. The molecule has 0 saturated carbocycles. The van der Waals surface area contributed by atoms with Crippen LogP contribution in [0.3, 0.4) is 0 Å². The van der Waals surface area contributed by atoms with Crippen LogP contribution in [0.5, 0.6) is 0 Å². The predicted molar refractivity (Wildman–Crippen MR) is 74.9 cm³/mol. The van der Waals surface area contributed by atoms with E-state index < -0.39 is 16.0 Å². The molecule has 1 aromatic carbocycles. The summed E-state index contributed by atoms with van der Waals surface area (Å²) in [6, 6.07) is 6.74. The van der Waals surface area contributed by atoms with Gasteiger partial charge in [0.05, 0.1) is 4.90 Å². The Morgan fingerprint density at radius 3 is 2.60 bits per heavy atom. The zero-order valence-corrected chi connectivity index (χ0v) is 12.3. The Morgan fingerprint density at radius 1 is 1.35 bits per heavy atom. The van der Waals surface area contributed by atoms with Gasteiger partial charge in [0, 0.05) is 19.5 Å². The second-order valence-electron chi connectivity index (χ2n) is 5.28. The van der Waals surface area contributed by atoms with Crippen LogP contribution < -0.4 is 0 Å². The minimum absolute atomic E-state index is 0.0277. The molecule has 6 heteroatoms. The van der Waals surface area contributed by atoms with Crippen LogP contribution >= 0.6 is 0 Å². The molecule has 1 heterocycles. The zero-order valence-electron chi connectivity index (χ0n) is 11.4. The van der Waals surface area contributed by atoms with Crippen LogP contribution in [0.2, 0.25) is 0 Å². The Labute approximate surface area is 119 Å². The molecule has 20 heavy (non-hydrogen) atoms. The molecule has 0 spiro atoms. The summed E-state index contributed by atoms with van der Waals surface area (Å²) < 4.78 is 26.4. The number of benzene rings is 1. The molecule has 0 aliphatic carbocycles. The van der Waals surface area contributed by atoms with Crippen LogP contribution in [0.4, 0.5) is 0 Å². The van der Waals surface area contributed by atoms with Gasteiger partial charge in [-0.1, -0.05) is 17.7 Å². The van der Waals surface area contributed by atoms with Crippen LogP contribution in [0.1, 0.15) is 24.8 Å². The fourth-order valence-electron chi connectivity index (χ4n) is 2.52. The van der Waals surface area contributed by atoms with E-state index in [9.17, 15) is 13.2 Å². The molecule has 1 aromatic rings. The molecule has 5 nitrogen and oxygen atoms in total. The van der Waals surface area contributed by atoms with E-state index in [-0.39, 0.29) is 17.2 Å². The molecule has 1 aliphatic rings. The van der Waals surface area contributed by atoms with Gasteiger partial charge in [0.2, 0.25) is 10.0 Å². The molecule has 0 radical (unpaired) electrons. The molecule has 1 aliphatic heterocycles. The number of carboxylic acids is 1. The summed E-state index contributed by atoms with van der Waals surface area (Å²) in [6.07, 6.45) is 1.51. The van der Waals surface area contributed by atoms with Gasteiger partial charge in [0.15, 0.2) is 0 Å². The van der Waals surface area contributed by atoms with Gasteiger partial charge in [-0.25, -0.2) is 8.42 Å². The Kier molecular flexibility index (Phi) is 4.45. The number of carboxylic acid groups (broad SMARTS) is 1. The summed E-state index contributed by atoms with van der Waals surface area (Å²) in [5.74, 6) is -0.967. The highest BCUT2D eigenvalue weighted by Gasteiger charge is 2.30. The molecule has 1 saturated heterocycles. The lowest BCUT2D eigenvalue weighted by Gasteiger charge is -2.31. The van der Waals surface area contributed by atoms with E-state index in [1.165, 1.54) is 4.31 Å². The SMILES string of the molecule is Cc1ccc(S(=O)(=O)N2CCC[C@H](CC(=O)O)C2)cc1. The molecule has 1 atom stereocenters. The molecule has 2 rings (SSSR count). The van der Waals surface area contributed by atoms with E-state index in [4.69, 9.17) is 5.11 Å². The third-order valence-corrected chi connectivity index (χ3v) is 5.48. The van der Waals surface area contributed by atoms with E-state index in [0.29, 0.717) is 19.5 Å². The third kappa shape index (κ3) is 3.37. The van der Waals surface area contributed by atoms with Gasteiger partial charge in [-0.05, 0) is 37.8 Å². The first-order valence-electron chi connectivity index (χ1n) is 6.68. The van der Waals surface area contributed by atoms with Crippen molar-refractivity contribution in [1.82, 2.24) is 4.31 Å². The highest BCUT2D eigenvalue weighted by atomic mass is 32.2. The smallest absolute Gasteiger partial charge is 0.303 e. The second-order valence-corrected chi connectivity index (χ2v) is 7.22. The average molecular weight is 297 g/mol. The number of aliphatic carboxylic acids is 1. The van der Waals surface area contributed by atoms with Gasteiger partial charge in [0.25, 0.3) is 0 Å². The Bertz CT molecular complexity index is 580. The van der Waals surface area contributed by atoms with Crippen molar-refractivity contribution in [3.05, 3.63) is 29.8 Å². The molecule has 1 N–H and O–H groups in total. The molecular weight excluding hydrogens is 278 g/mol. The summed E-state index contributed by atoms with van der Waals surface area (Å²) in [5.41, 5.74) is 1.01. The summed E-state index contributed by atoms with van der Waals surface area (Å²) in [5, 5.41) is 8.83. The van der Waals surface area contributed by atoms with E-state index in [2.05, 4.69) is 0 Å². The molecule has 110 valence electrons. The number of carbonyl (C=O) groups is 1. The topological polar surface area (TPSA) is 74.7 Å². The maximum absolute atomic E-state index is 12.5. The first kappa shape index (κ1) is 15.0. The fraction of sp³-hybridized carbons (Fsp3) is 0.500.